The van der Waals surface area contributed by atoms with E-state index in [4.69, 9.17) is 34.1 Å². The molecule has 5 heterocycles. The third-order valence-corrected chi connectivity index (χ3v) is 11.0. The van der Waals surface area contributed by atoms with E-state index in [0.717, 1.165) is 101 Å². The summed E-state index contributed by atoms with van der Waals surface area (Å²) in [5.41, 5.74) is 7.82. The molecule has 0 atom stereocenters. The Balaban J connectivity index is 1.11. The van der Waals surface area contributed by atoms with E-state index >= 15 is 0 Å². The molecule has 56 heavy (non-hydrogen) atoms. The summed E-state index contributed by atoms with van der Waals surface area (Å²) in [6.07, 6.45) is 9.07. The van der Waals surface area contributed by atoms with Crippen molar-refractivity contribution in [1.29, 1.82) is 0 Å². The summed E-state index contributed by atoms with van der Waals surface area (Å²) in [6.45, 7) is 8.40. The number of amides is 1. The molecule has 2 aromatic heterocycles. The predicted octanol–water partition coefficient (Wildman–Crippen LogP) is 7.01. The molecule has 0 saturated carbocycles. The first kappa shape index (κ1) is 37.2. The van der Waals surface area contributed by atoms with Gasteiger partial charge in [-0.15, -0.1) is 0 Å². The number of anilines is 4. The van der Waals surface area contributed by atoms with Gasteiger partial charge < -0.3 is 33.8 Å². The number of methoxy groups -OCH3 is 2. The lowest BCUT2D eigenvalue weighted by atomic mass is 10.1. The molecule has 2 saturated heterocycles. The molecular weight excluding hydrogens is 705 g/mol. The lowest BCUT2D eigenvalue weighted by Gasteiger charge is -2.29. The monoisotopic (exact) mass is 754 g/mol. The Hall–Kier alpha value is -5.75. The first-order chi connectivity index (χ1) is 27.5. The van der Waals surface area contributed by atoms with Gasteiger partial charge in [-0.25, -0.2) is 15.0 Å². The van der Waals surface area contributed by atoms with Crippen LogP contribution in [0.1, 0.15) is 58.3 Å². The molecule has 0 aliphatic carbocycles. The standard InChI is InChI=1S/C44H50N8O4/c1-31-26-34(42(53)49-19-6-4-5-7-20-49)12-17-39(31)52-21-18-38-40(47-44(48-41(38)52)50-22-24-56-25-23-50)35-27-45-43(46-28-35)51(29-32-8-13-36(54-2)14-9-32)30-33-10-15-37(55-3)16-11-33/h8-17,26-28H,4-7,18-25,29-30H2,1-3H3. The molecule has 2 fully saturated rings. The zero-order chi connectivity index (χ0) is 38.4. The van der Waals surface area contributed by atoms with Crippen molar-refractivity contribution in [3.8, 4) is 22.8 Å². The van der Waals surface area contributed by atoms with Crippen LogP contribution in [-0.4, -0.2) is 90.9 Å². The first-order valence-corrected chi connectivity index (χ1v) is 19.7. The van der Waals surface area contributed by atoms with Crippen LogP contribution in [0.3, 0.4) is 0 Å². The number of hydrogen-bond donors (Lipinski definition) is 0. The lowest BCUT2D eigenvalue weighted by molar-refractivity contribution is 0.0761. The van der Waals surface area contributed by atoms with Crippen LogP contribution in [0.4, 0.5) is 23.4 Å². The Kier molecular flexibility index (Phi) is 11.3. The highest BCUT2D eigenvalue weighted by Crippen LogP contribution is 2.40. The number of aromatic nitrogens is 4. The Bertz CT molecular complexity index is 2060. The number of hydrogen-bond acceptors (Lipinski definition) is 11. The second-order valence-corrected chi connectivity index (χ2v) is 14.7. The van der Waals surface area contributed by atoms with Gasteiger partial charge in [0.25, 0.3) is 5.91 Å². The number of benzene rings is 3. The lowest BCUT2D eigenvalue weighted by Crippen LogP contribution is -2.37. The fraction of sp³-hybridized carbons (Fsp3) is 0.386. The number of carbonyl (C=O) groups is 1. The molecule has 0 spiro atoms. The van der Waals surface area contributed by atoms with E-state index in [9.17, 15) is 4.79 Å². The van der Waals surface area contributed by atoms with Crippen molar-refractivity contribution in [2.45, 2.75) is 52.1 Å². The van der Waals surface area contributed by atoms with Crippen molar-refractivity contribution < 1.29 is 19.0 Å². The van der Waals surface area contributed by atoms with Gasteiger partial charge in [-0.2, -0.15) is 4.98 Å². The molecule has 12 nitrogen and oxygen atoms in total. The SMILES string of the molecule is COc1ccc(CN(Cc2ccc(OC)cc2)c2ncc(-c3nc(N4CCOCC4)nc4c3CCN4c3ccc(C(=O)N4CCCCCC4)cc3C)cn2)cc1. The molecule has 1 amide bonds. The maximum atomic E-state index is 13.5. The summed E-state index contributed by atoms with van der Waals surface area (Å²) in [5.74, 6) is 3.92. The van der Waals surface area contributed by atoms with Gasteiger partial charge in [0.1, 0.15) is 17.3 Å². The summed E-state index contributed by atoms with van der Waals surface area (Å²) < 4.78 is 16.5. The smallest absolute Gasteiger partial charge is 0.253 e. The van der Waals surface area contributed by atoms with E-state index in [0.29, 0.717) is 51.3 Å². The maximum absolute atomic E-state index is 13.5. The minimum Gasteiger partial charge on any atom is -0.497 e. The average molecular weight is 755 g/mol. The van der Waals surface area contributed by atoms with Crippen LogP contribution in [0.2, 0.25) is 0 Å². The van der Waals surface area contributed by atoms with Gasteiger partial charge >= 0.3 is 0 Å². The quantitative estimate of drug-likeness (QED) is 0.139. The molecule has 0 bridgehead atoms. The van der Waals surface area contributed by atoms with Crippen LogP contribution in [0.25, 0.3) is 11.3 Å². The zero-order valence-electron chi connectivity index (χ0n) is 32.6. The highest BCUT2D eigenvalue weighted by Gasteiger charge is 2.31. The summed E-state index contributed by atoms with van der Waals surface area (Å²) in [5, 5.41) is 0. The molecule has 0 unspecified atom stereocenters. The fourth-order valence-corrected chi connectivity index (χ4v) is 7.88. The predicted molar refractivity (Wildman–Crippen MR) is 218 cm³/mol. The summed E-state index contributed by atoms with van der Waals surface area (Å²) in [7, 11) is 3.35. The van der Waals surface area contributed by atoms with Crippen molar-refractivity contribution in [2.24, 2.45) is 0 Å². The molecule has 8 rings (SSSR count). The van der Waals surface area contributed by atoms with Gasteiger partial charge in [-0.1, -0.05) is 37.1 Å². The molecule has 3 aliphatic rings. The van der Waals surface area contributed by atoms with Gasteiger partial charge in [-0.3, -0.25) is 4.79 Å². The normalized spacial score (nSPS) is 15.7. The minimum atomic E-state index is 0.123. The molecule has 3 aliphatic heterocycles. The number of carbonyl (C=O) groups excluding carboxylic acids is 1. The molecule has 3 aromatic carbocycles. The van der Waals surface area contributed by atoms with Crippen LogP contribution < -0.4 is 24.2 Å². The highest BCUT2D eigenvalue weighted by atomic mass is 16.5. The van der Waals surface area contributed by atoms with Crippen LogP contribution in [0.15, 0.2) is 79.1 Å². The largest absolute Gasteiger partial charge is 0.497 e. The van der Waals surface area contributed by atoms with E-state index in [1.807, 2.05) is 53.7 Å². The number of nitrogens with zero attached hydrogens (tertiary/aromatic N) is 8. The third kappa shape index (κ3) is 8.11. The van der Waals surface area contributed by atoms with Crippen LogP contribution in [0, 0.1) is 6.92 Å². The van der Waals surface area contributed by atoms with Gasteiger partial charge in [-0.05, 0) is 85.3 Å². The highest BCUT2D eigenvalue weighted by molar-refractivity contribution is 5.95. The van der Waals surface area contributed by atoms with Gasteiger partial charge in [0.2, 0.25) is 11.9 Å². The molecule has 0 N–H and O–H groups in total. The second kappa shape index (κ2) is 16.9. The first-order valence-electron chi connectivity index (χ1n) is 19.7. The van der Waals surface area contributed by atoms with E-state index in [-0.39, 0.29) is 5.91 Å². The van der Waals surface area contributed by atoms with E-state index in [1.165, 1.54) is 12.8 Å². The zero-order valence-corrected chi connectivity index (χ0v) is 32.6. The van der Waals surface area contributed by atoms with Crippen molar-refractivity contribution in [3.05, 3.63) is 107 Å². The maximum Gasteiger partial charge on any atom is 0.253 e. The van der Waals surface area contributed by atoms with Crippen molar-refractivity contribution in [1.82, 2.24) is 24.8 Å². The number of aryl methyl sites for hydroxylation is 1. The Morgan fingerprint density at radius 3 is 1.98 bits per heavy atom. The number of ether oxygens (including phenoxy) is 3. The van der Waals surface area contributed by atoms with Crippen LogP contribution in [-0.2, 0) is 24.2 Å². The third-order valence-electron chi connectivity index (χ3n) is 11.0. The van der Waals surface area contributed by atoms with E-state index < -0.39 is 0 Å². The molecule has 5 aromatic rings. The number of likely N-dealkylation sites (tertiary alicyclic amines) is 1. The molecule has 0 radical (unpaired) electrons. The molecular formula is C44H50N8O4. The second-order valence-electron chi connectivity index (χ2n) is 14.7. The van der Waals surface area contributed by atoms with Crippen LogP contribution in [0.5, 0.6) is 11.5 Å². The number of rotatable bonds is 11. The average Bonchev–Trinajstić information content (AvgIpc) is 3.48. The van der Waals surface area contributed by atoms with Gasteiger partial charge in [0.15, 0.2) is 0 Å². The van der Waals surface area contributed by atoms with Gasteiger partial charge in [0.05, 0.1) is 33.1 Å². The van der Waals surface area contributed by atoms with Crippen LogP contribution >= 0.6 is 0 Å². The summed E-state index contributed by atoms with van der Waals surface area (Å²) in [6, 6.07) is 22.3. The number of fused-ring (bicyclic) bond motifs is 1. The summed E-state index contributed by atoms with van der Waals surface area (Å²) in [4.78, 5) is 42.5. The minimum absolute atomic E-state index is 0.123. The number of morpholine rings is 1. The topological polar surface area (TPSA) is 109 Å². The molecule has 290 valence electrons. The Labute approximate surface area is 329 Å². The molecule has 12 heteroatoms. The fourth-order valence-electron chi connectivity index (χ4n) is 7.88. The van der Waals surface area contributed by atoms with E-state index in [2.05, 4.69) is 52.0 Å². The Morgan fingerprint density at radius 2 is 1.39 bits per heavy atom. The van der Waals surface area contributed by atoms with Crippen molar-refractivity contribution in [2.75, 3.05) is 74.9 Å². The summed E-state index contributed by atoms with van der Waals surface area (Å²) >= 11 is 0. The van der Waals surface area contributed by atoms with Gasteiger partial charge in [0, 0.05) is 80.6 Å². The van der Waals surface area contributed by atoms with Crippen molar-refractivity contribution >= 4 is 29.3 Å². The Morgan fingerprint density at radius 1 is 0.768 bits per heavy atom. The van der Waals surface area contributed by atoms with E-state index in [1.54, 1.807) is 14.2 Å². The van der Waals surface area contributed by atoms with Crippen molar-refractivity contribution in [3.63, 3.8) is 0 Å².